The molecule has 2 aliphatic heterocycles. The van der Waals surface area contributed by atoms with Crippen LogP contribution in [0.1, 0.15) is 38.3 Å². The molecule has 2 heterocycles. The fourth-order valence-electron chi connectivity index (χ4n) is 3.59. The van der Waals surface area contributed by atoms with Crippen LogP contribution in [-0.4, -0.2) is 39.0 Å². The number of fused-ring (bicyclic) bond motifs is 3. The van der Waals surface area contributed by atoms with Crippen LogP contribution in [0.4, 0.5) is 10.1 Å². The van der Waals surface area contributed by atoms with E-state index in [1.165, 1.54) is 23.9 Å². The van der Waals surface area contributed by atoms with E-state index in [1.54, 1.807) is 24.0 Å². The van der Waals surface area contributed by atoms with Crippen LogP contribution in [-0.2, 0) is 16.1 Å². The van der Waals surface area contributed by atoms with Gasteiger partial charge in [0, 0.05) is 12.1 Å². The maximum Gasteiger partial charge on any atom is 0.259 e. The van der Waals surface area contributed by atoms with Gasteiger partial charge in [-0.3, -0.25) is 14.6 Å². The van der Waals surface area contributed by atoms with Gasteiger partial charge in [0.15, 0.2) is 5.17 Å². The Hall–Kier alpha value is -3.00. The molecular weight excluding hydrogens is 427 g/mol. The summed E-state index contributed by atoms with van der Waals surface area (Å²) in [5.41, 5.74) is 2.37. The predicted molar refractivity (Wildman–Crippen MR) is 125 cm³/mol. The lowest BCUT2D eigenvalue weighted by atomic mass is 10.00. The van der Waals surface area contributed by atoms with Crippen molar-refractivity contribution in [2.45, 2.75) is 45.0 Å². The van der Waals surface area contributed by atoms with Crippen molar-refractivity contribution in [1.29, 1.82) is 0 Å². The van der Waals surface area contributed by atoms with Gasteiger partial charge in [-0.05, 0) is 42.7 Å². The topological polar surface area (TPSA) is 74.1 Å². The fourth-order valence-corrected chi connectivity index (χ4v) is 4.53. The van der Waals surface area contributed by atoms with Crippen LogP contribution in [0.25, 0.3) is 0 Å². The minimum atomic E-state index is -0.490. The van der Waals surface area contributed by atoms with Crippen molar-refractivity contribution in [2.24, 2.45) is 15.9 Å². The summed E-state index contributed by atoms with van der Waals surface area (Å²) < 4.78 is 13.1. The highest BCUT2D eigenvalue weighted by molar-refractivity contribution is 8.15. The molecule has 0 aromatic heterocycles. The number of nitrogens with zero attached hydrogens (tertiary/aromatic N) is 3. The highest BCUT2D eigenvalue weighted by atomic mass is 32.2. The molecule has 0 radical (unpaired) electrons. The minimum absolute atomic E-state index is 0.103. The van der Waals surface area contributed by atoms with Gasteiger partial charge in [0.25, 0.3) is 5.91 Å². The van der Waals surface area contributed by atoms with Crippen molar-refractivity contribution >= 4 is 40.3 Å². The van der Waals surface area contributed by atoms with Crippen molar-refractivity contribution in [2.75, 3.05) is 0 Å². The van der Waals surface area contributed by atoms with E-state index < -0.39 is 11.3 Å². The lowest BCUT2D eigenvalue weighted by Gasteiger charge is -2.27. The summed E-state index contributed by atoms with van der Waals surface area (Å²) in [6.45, 7) is 6.13. The highest BCUT2D eigenvalue weighted by Crippen LogP contribution is 2.36. The molecule has 8 heteroatoms. The van der Waals surface area contributed by atoms with E-state index in [-0.39, 0.29) is 23.5 Å². The van der Waals surface area contributed by atoms with Crippen LogP contribution in [0, 0.1) is 11.7 Å². The molecule has 0 bridgehead atoms. The van der Waals surface area contributed by atoms with E-state index >= 15 is 0 Å². The number of carbonyl (C=O) groups is 2. The molecule has 2 aromatic carbocycles. The summed E-state index contributed by atoms with van der Waals surface area (Å²) in [4.78, 5) is 36.9. The third kappa shape index (κ3) is 4.32. The average molecular weight is 453 g/mol. The number of halogens is 1. The zero-order valence-electron chi connectivity index (χ0n) is 18.2. The molecule has 2 aromatic rings. The van der Waals surface area contributed by atoms with Gasteiger partial charge >= 0.3 is 0 Å². The van der Waals surface area contributed by atoms with Gasteiger partial charge in [-0.1, -0.05) is 56.3 Å². The zero-order chi connectivity index (χ0) is 22.8. The molecule has 3 atom stereocenters. The smallest absolute Gasteiger partial charge is 0.259 e. The summed E-state index contributed by atoms with van der Waals surface area (Å²) >= 11 is 1.23. The van der Waals surface area contributed by atoms with Crippen molar-refractivity contribution in [3.63, 3.8) is 0 Å². The predicted octanol–water partition coefficient (Wildman–Crippen LogP) is 4.27. The van der Waals surface area contributed by atoms with Gasteiger partial charge in [0.2, 0.25) is 5.91 Å². The molecule has 166 valence electrons. The number of hydrogen-bond donors (Lipinski definition) is 1. The van der Waals surface area contributed by atoms with Crippen molar-refractivity contribution in [1.82, 2.24) is 10.2 Å². The molecule has 0 fully saturated rings. The van der Waals surface area contributed by atoms with Gasteiger partial charge in [0.1, 0.15) is 17.7 Å². The Morgan fingerprint density at radius 2 is 1.91 bits per heavy atom. The second-order valence-electron chi connectivity index (χ2n) is 7.97. The molecule has 1 N–H and O–H groups in total. The van der Waals surface area contributed by atoms with E-state index in [0.29, 0.717) is 17.5 Å². The Balaban J connectivity index is 1.53. The number of carbonyl (C=O) groups excluding carboxylic acids is 2. The maximum atomic E-state index is 13.2. The summed E-state index contributed by atoms with van der Waals surface area (Å²) in [5, 5.41) is 2.83. The largest absolute Gasteiger partial charge is 0.351 e. The number of hydrogen-bond acceptors (Lipinski definition) is 5. The second-order valence-corrected chi connectivity index (χ2v) is 9.28. The second kappa shape index (κ2) is 9.24. The van der Waals surface area contributed by atoms with Crippen molar-refractivity contribution < 1.29 is 14.0 Å². The maximum absolute atomic E-state index is 13.2. The third-order valence-corrected chi connectivity index (χ3v) is 6.77. The quantitative estimate of drug-likeness (QED) is 0.711. The van der Waals surface area contributed by atoms with Crippen molar-refractivity contribution in [3.8, 4) is 0 Å². The van der Waals surface area contributed by atoms with Gasteiger partial charge in [-0.15, -0.1) is 0 Å². The SMILES string of the molecule is CC[C@H](C)[C@@H]1N=C2c3ccccc3N=C(S[C@@H](C)C(=O)NCc3ccc(F)cc3)N2C1=O. The molecule has 0 unspecified atom stereocenters. The molecule has 2 amide bonds. The first-order valence-electron chi connectivity index (χ1n) is 10.7. The minimum Gasteiger partial charge on any atom is -0.351 e. The monoisotopic (exact) mass is 452 g/mol. The summed E-state index contributed by atoms with van der Waals surface area (Å²) in [5.74, 6) is 0.101. The van der Waals surface area contributed by atoms with E-state index in [4.69, 9.17) is 9.98 Å². The van der Waals surface area contributed by atoms with E-state index in [0.717, 1.165) is 23.2 Å². The molecule has 6 nitrogen and oxygen atoms in total. The molecule has 32 heavy (non-hydrogen) atoms. The first-order valence-corrected chi connectivity index (χ1v) is 11.6. The number of nitrogens with one attached hydrogen (secondary N) is 1. The van der Waals surface area contributed by atoms with Crippen LogP contribution < -0.4 is 5.32 Å². The summed E-state index contributed by atoms with van der Waals surface area (Å²) in [6.07, 6.45) is 0.838. The van der Waals surface area contributed by atoms with E-state index in [2.05, 4.69) is 5.32 Å². The average Bonchev–Trinajstić information content (AvgIpc) is 3.15. The summed E-state index contributed by atoms with van der Waals surface area (Å²) in [6, 6.07) is 13.1. The van der Waals surface area contributed by atoms with Crippen LogP contribution in [0.2, 0.25) is 0 Å². The first kappa shape index (κ1) is 22.2. The fraction of sp³-hybridized carbons (Fsp3) is 0.333. The van der Waals surface area contributed by atoms with Gasteiger partial charge < -0.3 is 5.32 Å². The molecule has 0 spiro atoms. The summed E-state index contributed by atoms with van der Waals surface area (Å²) in [7, 11) is 0. The number of thioether (sulfide) groups is 1. The molecular formula is C24H25FN4O2S. The molecule has 0 aliphatic carbocycles. The third-order valence-electron chi connectivity index (χ3n) is 5.71. The van der Waals surface area contributed by atoms with E-state index in [1.807, 2.05) is 38.1 Å². The highest BCUT2D eigenvalue weighted by Gasteiger charge is 2.43. The molecule has 0 saturated heterocycles. The number of para-hydroxylation sites is 1. The first-order chi connectivity index (χ1) is 15.4. The van der Waals surface area contributed by atoms with Crippen LogP contribution in [0.15, 0.2) is 58.5 Å². The lowest BCUT2D eigenvalue weighted by molar-refractivity contribution is -0.125. The van der Waals surface area contributed by atoms with Crippen LogP contribution in [0.5, 0.6) is 0 Å². The van der Waals surface area contributed by atoms with Gasteiger partial charge in [0.05, 0.1) is 10.9 Å². The lowest BCUT2D eigenvalue weighted by Crippen LogP contribution is -2.43. The van der Waals surface area contributed by atoms with Gasteiger partial charge in [-0.2, -0.15) is 0 Å². The Bertz CT molecular complexity index is 1100. The zero-order valence-corrected chi connectivity index (χ0v) is 19.0. The Morgan fingerprint density at radius 1 is 1.19 bits per heavy atom. The standard InChI is InChI=1S/C24H25FN4O2S/c1-4-14(2)20-23(31)29-21(28-20)18-7-5-6-8-19(18)27-24(29)32-15(3)22(30)26-13-16-9-11-17(25)12-10-16/h5-12,14-15,20H,4,13H2,1-3H3,(H,26,30)/t14-,15-,20-/m0/s1. The Kier molecular flexibility index (Phi) is 6.41. The van der Waals surface area contributed by atoms with Crippen LogP contribution >= 0.6 is 11.8 Å². The number of benzene rings is 2. The number of rotatable bonds is 6. The Labute approximate surface area is 191 Å². The molecule has 2 aliphatic rings. The molecule has 4 rings (SSSR count). The normalized spacial score (nSPS) is 18.9. The Morgan fingerprint density at radius 3 is 2.62 bits per heavy atom. The van der Waals surface area contributed by atoms with Gasteiger partial charge in [-0.25, -0.2) is 14.3 Å². The van der Waals surface area contributed by atoms with Crippen LogP contribution in [0.3, 0.4) is 0 Å². The number of amidine groups is 2. The number of amides is 2. The molecule has 0 saturated carbocycles. The number of aliphatic imine (C=N–C) groups is 2. The van der Waals surface area contributed by atoms with Crippen molar-refractivity contribution in [3.05, 3.63) is 65.5 Å². The van der Waals surface area contributed by atoms with E-state index in [9.17, 15) is 14.0 Å².